The molecule has 1 N–H and O–H groups in total. The first-order chi connectivity index (χ1) is 9.77. The van der Waals surface area contributed by atoms with Crippen LogP contribution in [0.3, 0.4) is 0 Å². The number of carboxylic acid groups (broad SMARTS) is 1. The lowest BCUT2D eigenvalue weighted by atomic mass is 10.2. The molecule has 2 rings (SSSR count). The number of carbonyl (C=O) groups is 2. The summed E-state index contributed by atoms with van der Waals surface area (Å²) in [5.74, 6) is -1.75. The molecule has 1 atom stereocenters. The normalized spacial score (nSPS) is 18.9. The molecule has 1 fully saturated rings. The monoisotopic (exact) mass is 303 g/mol. The van der Waals surface area contributed by atoms with E-state index in [4.69, 9.17) is 9.84 Å². The zero-order valence-corrected chi connectivity index (χ0v) is 10.8. The van der Waals surface area contributed by atoms with E-state index in [0.29, 0.717) is 0 Å². The third-order valence-electron chi connectivity index (χ3n) is 3.01. The lowest BCUT2D eigenvalue weighted by Gasteiger charge is -2.16. The highest BCUT2D eigenvalue weighted by Crippen LogP contribution is 2.32. The van der Waals surface area contributed by atoms with Gasteiger partial charge in [-0.2, -0.15) is 13.2 Å². The molecule has 5 nitrogen and oxygen atoms in total. The lowest BCUT2D eigenvalue weighted by Crippen LogP contribution is -2.35. The van der Waals surface area contributed by atoms with Gasteiger partial charge in [-0.15, -0.1) is 0 Å². The fourth-order valence-corrected chi connectivity index (χ4v) is 2.05. The summed E-state index contributed by atoms with van der Waals surface area (Å²) < 4.78 is 43.0. The fraction of sp³-hybridized carbons (Fsp3) is 0.385. The van der Waals surface area contributed by atoms with Crippen molar-refractivity contribution >= 4 is 11.9 Å². The Morgan fingerprint density at radius 3 is 2.76 bits per heavy atom. The van der Waals surface area contributed by atoms with Gasteiger partial charge in [-0.1, -0.05) is 6.07 Å². The van der Waals surface area contributed by atoms with E-state index in [1.165, 1.54) is 12.1 Å². The summed E-state index contributed by atoms with van der Waals surface area (Å²) in [6.45, 7) is -0.240. The molecule has 0 bridgehead atoms. The molecule has 1 aromatic rings. The SMILES string of the molecule is O=C(O)CN1CCC(Oc2cccc(C(F)(F)F)c2)C1=O. The van der Waals surface area contributed by atoms with Gasteiger partial charge in [0.15, 0.2) is 6.10 Å². The van der Waals surface area contributed by atoms with Crippen LogP contribution in [-0.2, 0) is 15.8 Å². The van der Waals surface area contributed by atoms with Crippen molar-refractivity contribution in [3.8, 4) is 5.75 Å². The van der Waals surface area contributed by atoms with E-state index in [0.717, 1.165) is 17.0 Å². The number of hydrogen-bond acceptors (Lipinski definition) is 3. The number of halogens is 3. The molecule has 1 amide bonds. The number of benzene rings is 1. The van der Waals surface area contributed by atoms with Crippen LogP contribution in [0.5, 0.6) is 5.75 Å². The number of hydrogen-bond donors (Lipinski definition) is 1. The number of likely N-dealkylation sites (tertiary alicyclic amines) is 1. The van der Waals surface area contributed by atoms with Gasteiger partial charge in [0.05, 0.1) is 5.56 Å². The van der Waals surface area contributed by atoms with Crippen molar-refractivity contribution in [2.45, 2.75) is 18.7 Å². The molecule has 0 spiro atoms. The topological polar surface area (TPSA) is 66.8 Å². The highest BCUT2D eigenvalue weighted by Gasteiger charge is 2.35. The number of rotatable bonds is 4. The molecule has 8 heteroatoms. The first-order valence-corrected chi connectivity index (χ1v) is 6.12. The molecule has 0 radical (unpaired) electrons. The van der Waals surface area contributed by atoms with Crippen molar-refractivity contribution in [1.82, 2.24) is 4.90 Å². The molecule has 0 aromatic heterocycles. The van der Waals surface area contributed by atoms with Crippen LogP contribution in [0.4, 0.5) is 13.2 Å². The number of amides is 1. The predicted octanol–water partition coefficient (Wildman–Crippen LogP) is 1.77. The van der Waals surface area contributed by atoms with Gasteiger partial charge in [-0.05, 0) is 18.2 Å². The predicted molar refractivity (Wildman–Crippen MR) is 64.7 cm³/mol. The summed E-state index contributed by atoms with van der Waals surface area (Å²) in [6.07, 6.45) is -5.20. The first-order valence-electron chi connectivity index (χ1n) is 6.12. The zero-order chi connectivity index (χ0) is 15.6. The fourth-order valence-electron chi connectivity index (χ4n) is 2.05. The first kappa shape index (κ1) is 15.1. The maximum absolute atomic E-state index is 12.6. The van der Waals surface area contributed by atoms with Crippen LogP contribution in [0.15, 0.2) is 24.3 Å². The molecule has 1 heterocycles. The van der Waals surface area contributed by atoms with Crippen molar-refractivity contribution in [3.05, 3.63) is 29.8 Å². The van der Waals surface area contributed by atoms with Crippen molar-refractivity contribution < 1.29 is 32.6 Å². The molecule has 1 saturated heterocycles. The minimum Gasteiger partial charge on any atom is -0.481 e. The molecule has 1 aliphatic heterocycles. The molecule has 0 saturated carbocycles. The van der Waals surface area contributed by atoms with E-state index in [9.17, 15) is 22.8 Å². The van der Waals surface area contributed by atoms with Crippen LogP contribution in [0.2, 0.25) is 0 Å². The number of aliphatic carboxylic acids is 1. The van der Waals surface area contributed by atoms with E-state index in [-0.39, 0.29) is 18.7 Å². The summed E-state index contributed by atoms with van der Waals surface area (Å²) in [7, 11) is 0. The smallest absolute Gasteiger partial charge is 0.416 e. The molecule has 1 unspecified atom stereocenters. The maximum atomic E-state index is 12.6. The minimum absolute atomic E-state index is 0.0691. The van der Waals surface area contributed by atoms with Gasteiger partial charge in [-0.25, -0.2) is 0 Å². The Balaban J connectivity index is 2.06. The van der Waals surface area contributed by atoms with E-state index in [1.54, 1.807) is 0 Å². The molecular formula is C13H12F3NO4. The van der Waals surface area contributed by atoms with Gasteiger partial charge in [0, 0.05) is 13.0 Å². The highest BCUT2D eigenvalue weighted by molar-refractivity contribution is 5.86. The van der Waals surface area contributed by atoms with Crippen molar-refractivity contribution in [2.75, 3.05) is 13.1 Å². The average molecular weight is 303 g/mol. The van der Waals surface area contributed by atoms with Gasteiger partial charge in [-0.3, -0.25) is 9.59 Å². The van der Waals surface area contributed by atoms with Gasteiger partial charge in [0.2, 0.25) is 0 Å². The number of alkyl halides is 3. The highest BCUT2D eigenvalue weighted by atomic mass is 19.4. The van der Waals surface area contributed by atoms with Crippen LogP contribution in [0.25, 0.3) is 0 Å². The second-order valence-electron chi connectivity index (χ2n) is 4.57. The Morgan fingerprint density at radius 2 is 2.14 bits per heavy atom. The molecule has 21 heavy (non-hydrogen) atoms. The Morgan fingerprint density at radius 1 is 1.43 bits per heavy atom. The Kier molecular flexibility index (Phi) is 4.06. The van der Waals surface area contributed by atoms with Crippen LogP contribution in [0.1, 0.15) is 12.0 Å². The van der Waals surface area contributed by atoms with Gasteiger partial charge in [0.1, 0.15) is 12.3 Å². The van der Waals surface area contributed by atoms with Crippen molar-refractivity contribution in [2.24, 2.45) is 0 Å². The summed E-state index contributed by atoms with van der Waals surface area (Å²) in [4.78, 5) is 23.5. The van der Waals surface area contributed by atoms with Crippen LogP contribution in [-0.4, -0.2) is 41.1 Å². The molecular weight excluding hydrogens is 291 g/mol. The van der Waals surface area contributed by atoms with Gasteiger partial charge >= 0.3 is 12.1 Å². The third-order valence-corrected chi connectivity index (χ3v) is 3.01. The van der Waals surface area contributed by atoms with Crippen molar-refractivity contribution in [1.29, 1.82) is 0 Å². The molecule has 1 aliphatic rings. The maximum Gasteiger partial charge on any atom is 0.416 e. The number of carbonyl (C=O) groups excluding carboxylic acids is 1. The molecule has 114 valence electrons. The van der Waals surface area contributed by atoms with Crippen molar-refractivity contribution in [3.63, 3.8) is 0 Å². The quantitative estimate of drug-likeness (QED) is 0.920. The number of ether oxygens (including phenoxy) is 1. The number of nitrogens with zero attached hydrogens (tertiary/aromatic N) is 1. The minimum atomic E-state index is -4.49. The Hall–Kier alpha value is -2.25. The Labute approximate surface area is 117 Å². The standard InChI is InChI=1S/C13H12F3NO4/c14-13(15,16)8-2-1-3-9(6-8)21-10-4-5-17(12(10)20)7-11(18)19/h1-3,6,10H,4-5,7H2,(H,18,19). The number of carboxylic acids is 1. The summed E-state index contributed by atoms with van der Waals surface area (Å²) in [5.41, 5.74) is -0.868. The zero-order valence-electron chi connectivity index (χ0n) is 10.8. The van der Waals surface area contributed by atoms with Crippen LogP contribution in [0, 0.1) is 0 Å². The lowest BCUT2D eigenvalue weighted by molar-refractivity contribution is -0.144. The molecule has 1 aromatic carbocycles. The third kappa shape index (κ3) is 3.65. The van der Waals surface area contributed by atoms with Gasteiger partial charge < -0.3 is 14.7 Å². The van der Waals surface area contributed by atoms with E-state index in [1.807, 2.05) is 0 Å². The van der Waals surface area contributed by atoms with Gasteiger partial charge in [0.25, 0.3) is 5.91 Å². The van der Waals surface area contributed by atoms with E-state index >= 15 is 0 Å². The van der Waals surface area contributed by atoms with Crippen LogP contribution < -0.4 is 4.74 Å². The average Bonchev–Trinajstić information content (AvgIpc) is 2.70. The Bertz CT molecular complexity index is 559. The second-order valence-corrected chi connectivity index (χ2v) is 4.57. The summed E-state index contributed by atoms with van der Waals surface area (Å²) in [5, 5.41) is 8.63. The van der Waals surface area contributed by atoms with Crippen LogP contribution >= 0.6 is 0 Å². The molecule has 0 aliphatic carbocycles. The summed E-state index contributed by atoms with van der Waals surface area (Å²) >= 11 is 0. The second kappa shape index (κ2) is 5.63. The largest absolute Gasteiger partial charge is 0.481 e. The summed E-state index contributed by atoms with van der Waals surface area (Å²) in [6, 6.07) is 4.22. The van der Waals surface area contributed by atoms with E-state index in [2.05, 4.69) is 0 Å². The van der Waals surface area contributed by atoms with E-state index < -0.39 is 36.3 Å².